The summed E-state index contributed by atoms with van der Waals surface area (Å²) < 4.78 is 0. The molecule has 2 fully saturated rings. The molecule has 1 amide bonds. The second-order valence-corrected chi connectivity index (χ2v) is 6.82. The molecule has 0 aromatic heterocycles. The monoisotopic (exact) mass is 343 g/mol. The number of piperidine rings is 1. The van der Waals surface area contributed by atoms with Crippen LogP contribution in [0.15, 0.2) is 30.3 Å². The summed E-state index contributed by atoms with van der Waals surface area (Å²) in [4.78, 5) is 27.5. The Morgan fingerprint density at radius 1 is 1.20 bits per heavy atom. The van der Waals surface area contributed by atoms with Crippen LogP contribution in [0.5, 0.6) is 0 Å². The molecular weight excluding hydrogens is 318 g/mol. The largest absolute Gasteiger partial charge is 0.333 e. The van der Waals surface area contributed by atoms with Gasteiger partial charge in [0.2, 0.25) is 5.91 Å². The van der Waals surface area contributed by atoms with Gasteiger partial charge in [0.1, 0.15) is 0 Å². The van der Waals surface area contributed by atoms with E-state index in [0.717, 1.165) is 50.9 Å². The Hall–Kier alpha value is -2.21. The number of amides is 1. The molecule has 0 unspecified atom stereocenters. The molecule has 0 bridgehead atoms. The SMILES string of the molecule is CCN1CCC(N(C(=O)/C=C/c2ccc([N+](=O)[O-])cc2)C2CC2)CC1. The van der Waals surface area contributed by atoms with Crippen molar-refractivity contribution >= 4 is 17.7 Å². The van der Waals surface area contributed by atoms with Crippen LogP contribution in [0.3, 0.4) is 0 Å². The van der Waals surface area contributed by atoms with Crippen LogP contribution in [-0.2, 0) is 4.79 Å². The van der Waals surface area contributed by atoms with Gasteiger partial charge in [-0.1, -0.05) is 6.92 Å². The average molecular weight is 343 g/mol. The van der Waals surface area contributed by atoms with E-state index < -0.39 is 4.92 Å². The van der Waals surface area contributed by atoms with Crippen LogP contribution in [0, 0.1) is 10.1 Å². The van der Waals surface area contributed by atoms with E-state index in [4.69, 9.17) is 0 Å². The molecule has 1 heterocycles. The second-order valence-electron chi connectivity index (χ2n) is 6.82. The lowest BCUT2D eigenvalue weighted by Gasteiger charge is -2.38. The Morgan fingerprint density at radius 3 is 2.32 bits per heavy atom. The number of likely N-dealkylation sites (tertiary alicyclic amines) is 1. The summed E-state index contributed by atoms with van der Waals surface area (Å²) in [7, 11) is 0. The van der Waals surface area contributed by atoms with Crippen molar-refractivity contribution in [1.29, 1.82) is 0 Å². The molecule has 1 aromatic carbocycles. The summed E-state index contributed by atoms with van der Waals surface area (Å²) in [5, 5.41) is 10.7. The minimum absolute atomic E-state index is 0.0609. The third-order valence-corrected chi connectivity index (χ3v) is 5.11. The smallest absolute Gasteiger partial charge is 0.269 e. The minimum Gasteiger partial charge on any atom is -0.333 e. The summed E-state index contributed by atoms with van der Waals surface area (Å²) >= 11 is 0. The molecule has 2 aliphatic rings. The lowest BCUT2D eigenvalue weighted by Crippen LogP contribution is -2.47. The number of carbonyl (C=O) groups excluding carboxylic acids is 1. The first-order chi connectivity index (χ1) is 12.1. The van der Waals surface area contributed by atoms with Crippen molar-refractivity contribution < 1.29 is 9.72 Å². The third kappa shape index (κ3) is 4.45. The van der Waals surface area contributed by atoms with Crippen LogP contribution in [0.4, 0.5) is 5.69 Å². The first-order valence-electron chi connectivity index (χ1n) is 9.05. The molecule has 1 saturated carbocycles. The second kappa shape index (κ2) is 7.78. The van der Waals surface area contributed by atoms with E-state index in [1.807, 2.05) is 0 Å². The van der Waals surface area contributed by atoms with E-state index in [-0.39, 0.29) is 11.6 Å². The molecule has 0 radical (unpaired) electrons. The van der Waals surface area contributed by atoms with Crippen LogP contribution in [-0.4, -0.2) is 52.3 Å². The Bertz CT molecular complexity index is 644. The van der Waals surface area contributed by atoms with Crippen LogP contribution in [0.1, 0.15) is 38.2 Å². The van der Waals surface area contributed by atoms with E-state index >= 15 is 0 Å². The van der Waals surface area contributed by atoms with Crippen LogP contribution in [0.25, 0.3) is 6.08 Å². The molecule has 3 rings (SSSR count). The van der Waals surface area contributed by atoms with Gasteiger partial charge < -0.3 is 9.80 Å². The first-order valence-corrected chi connectivity index (χ1v) is 9.05. The highest BCUT2D eigenvalue weighted by Gasteiger charge is 2.37. The van der Waals surface area contributed by atoms with Gasteiger partial charge in [-0.2, -0.15) is 0 Å². The highest BCUT2D eigenvalue weighted by atomic mass is 16.6. The number of hydrogen-bond donors (Lipinski definition) is 0. The topological polar surface area (TPSA) is 66.7 Å². The molecule has 0 atom stereocenters. The molecule has 134 valence electrons. The predicted octanol–water partition coefficient (Wildman–Crippen LogP) is 3.08. The molecule has 0 N–H and O–H groups in total. The Labute approximate surface area is 148 Å². The fourth-order valence-corrected chi connectivity index (χ4v) is 3.49. The van der Waals surface area contributed by atoms with E-state index in [1.165, 1.54) is 12.1 Å². The molecule has 0 spiro atoms. The molecular formula is C19H25N3O3. The number of carbonyl (C=O) groups is 1. The van der Waals surface area contributed by atoms with Crippen LogP contribution >= 0.6 is 0 Å². The summed E-state index contributed by atoms with van der Waals surface area (Å²) in [5.41, 5.74) is 0.862. The summed E-state index contributed by atoms with van der Waals surface area (Å²) in [6.45, 7) is 5.37. The van der Waals surface area contributed by atoms with Gasteiger partial charge in [-0.05, 0) is 56.0 Å². The van der Waals surface area contributed by atoms with Gasteiger partial charge in [-0.15, -0.1) is 0 Å². The maximum Gasteiger partial charge on any atom is 0.269 e. The van der Waals surface area contributed by atoms with E-state index in [0.29, 0.717) is 12.1 Å². The van der Waals surface area contributed by atoms with Gasteiger partial charge in [-0.25, -0.2) is 0 Å². The summed E-state index contributed by atoms with van der Waals surface area (Å²) in [5.74, 6) is 0.0656. The average Bonchev–Trinajstić information content (AvgIpc) is 3.46. The Kier molecular flexibility index (Phi) is 5.48. The van der Waals surface area contributed by atoms with Gasteiger partial charge >= 0.3 is 0 Å². The minimum atomic E-state index is -0.420. The highest BCUT2D eigenvalue weighted by molar-refractivity contribution is 5.92. The van der Waals surface area contributed by atoms with Gasteiger partial charge in [-0.3, -0.25) is 14.9 Å². The number of nitro benzene ring substituents is 1. The molecule has 1 aliphatic carbocycles. The van der Waals surface area contributed by atoms with E-state index in [2.05, 4.69) is 16.7 Å². The lowest BCUT2D eigenvalue weighted by atomic mass is 10.0. The van der Waals surface area contributed by atoms with Crippen molar-refractivity contribution in [1.82, 2.24) is 9.80 Å². The maximum atomic E-state index is 12.7. The van der Waals surface area contributed by atoms with Crippen molar-refractivity contribution in [2.45, 2.75) is 44.7 Å². The number of nitrogens with zero attached hydrogens (tertiary/aromatic N) is 3. The summed E-state index contributed by atoms with van der Waals surface area (Å²) in [6, 6.07) is 7.00. The van der Waals surface area contributed by atoms with E-state index in [1.54, 1.807) is 24.3 Å². The molecule has 1 aliphatic heterocycles. The van der Waals surface area contributed by atoms with Crippen LogP contribution < -0.4 is 0 Å². The standard InChI is InChI=1S/C19H25N3O3/c1-2-20-13-11-17(12-14-20)21(16-8-9-16)19(23)10-5-15-3-6-18(7-4-15)22(24)25/h3-7,10,16-17H,2,8-9,11-14H2,1H3/b10-5+. The number of benzene rings is 1. The zero-order chi connectivity index (χ0) is 17.8. The Balaban J connectivity index is 1.64. The van der Waals surface area contributed by atoms with Crippen molar-refractivity contribution in [2.75, 3.05) is 19.6 Å². The highest BCUT2D eigenvalue weighted by Crippen LogP contribution is 2.32. The van der Waals surface area contributed by atoms with Crippen molar-refractivity contribution in [2.24, 2.45) is 0 Å². The van der Waals surface area contributed by atoms with Crippen LogP contribution in [0.2, 0.25) is 0 Å². The van der Waals surface area contributed by atoms with Crippen molar-refractivity contribution in [3.8, 4) is 0 Å². The quantitative estimate of drug-likeness (QED) is 0.452. The molecule has 6 nitrogen and oxygen atoms in total. The fraction of sp³-hybridized carbons (Fsp3) is 0.526. The molecule has 1 saturated heterocycles. The van der Waals surface area contributed by atoms with Gasteiger partial charge in [0.05, 0.1) is 4.92 Å². The van der Waals surface area contributed by atoms with Crippen molar-refractivity contribution in [3.63, 3.8) is 0 Å². The van der Waals surface area contributed by atoms with E-state index in [9.17, 15) is 14.9 Å². The number of hydrogen-bond acceptors (Lipinski definition) is 4. The predicted molar refractivity (Wildman–Crippen MR) is 97.1 cm³/mol. The van der Waals surface area contributed by atoms with Gasteiger partial charge in [0.25, 0.3) is 5.69 Å². The molecule has 6 heteroatoms. The lowest BCUT2D eigenvalue weighted by molar-refractivity contribution is -0.384. The zero-order valence-electron chi connectivity index (χ0n) is 14.6. The summed E-state index contributed by atoms with van der Waals surface area (Å²) in [6.07, 6.45) is 7.66. The zero-order valence-corrected chi connectivity index (χ0v) is 14.6. The van der Waals surface area contributed by atoms with Crippen molar-refractivity contribution in [3.05, 3.63) is 46.0 Å². The van der Waals surface area contributed by atoms with Gasteiger partial charge in [0.15, 0.2) is 0 Å². The number of nitro groups is 1. The Morgan fingerprint density at radius 2 is 1.80 bits per heavy atom. The normalized spacial score (nSPS) is 19.2. The first kappa shape index (κ1) is 17.6. The number of non-ortho nitro benzene ring substituents is 1. The molecule has 1 aromatic rings. The fourth-order valence-electron chi connectivity index (χ4n) is 3.49. The third-order valence-electron chi connectivity index (χ3n) is 5.11. The van der Waals surface area contributed by atoms with Gasteiger partial charge in [0, 0.05) is 43.4 Å². The molecule has 25 heavy (non-hydrogen) atoms. The maximum absolute atomic E-state index is 12.7. The number of rotatable bonds is 6.